The molecule has 1 saturated heterocycles. The molecular weight excluding hydrogens is 250 g/mol. The number of nitrogens with two attached hydrogens (primary N) is 1. The summed E-state index contributed by atoms with van der Waals surface area (Å²) < 4.78 is 0. The highest BCUT2D eigenvalue weighted by Gasteiger charge is 2.36. The number of hydrogen-bond acceptors (Lipinski definition) is 3. The Morgan fingerprint density at radius 2 is 1.80 bits per heavy atom. The Labute approximate surface area is 124 Å². The summed E-state index contributed by atoms with van der Waals surface area (Å²) in [6.07, 6.45) is 3.27. The zero-order chi connectivity index (χ0) is 15.5. The maximum atomic E-state index is 12.6. The SMILES string of the molecule is CC(C)CC(C)(CN)NC(=O)C(C)N1C(C)CCC1C. The molecule has 1 rings (SSSR count). The second-order valence-corrected chi connectivity index (χ2v) is 7.25. The second kappa shape index (κ2) is 6.90. The van der Waals surface area contributed by atoms with Gasteiger partial charge in [-0.2, -0.15) is 0 Å². The second-order valence-electron chi connectivity index (χ2n) is 7.25. The number of likely N-dealkylation sites (tertiary alicyclic amines) is 1. The number of rotatable bonds is 6. The molecule has 1 aliphatic rings. The summed E-state index contributed by atoms with van der Waals surface area (Å²) in [6, 6.07) is 0.889. The van der Waals surface area contributed by atoms with Crippen molar-refractivity contribution < 1.29 is 4.79 Å². The van der Waals surface area contributed by atoms with E-state index in [-0.39, 0.29) is 17.5 Å². The summed E-state index contributed by atoms with van der Waals surface area (Å²) >= 11 is 0. The topological polar surface area (TPSA) is 58.4 Å². The van der Waals surface area contributed by atoms with Gasteiger partial charge in [-0.15, -0.1) is 0 Å². The van der Waals surface area contributed by atoms with Gasteiger partial charge in [-0.25, -0.2) is 0 Å². The maximum Gasteiger partial charge on any atom is 0.237 e. The molecule has 0 bridgehead atoms. The lowest BCUT2D eigenvalue weighted by Gasteiger charge is -2.36. The molecule has 1 fully saturated rings. The Morgan fingerprint density at radius 1 is 1.30 bits per heavy atom. The smallest absolute Gasteiger partial charge is 0.237 e. The van der Waals surface area contributed by atoms with Crippen LogP contribution in [-0.2, 0) is 4.79 Å². The number of nitrogens with one attached hydrogen (secondary N) is 1. The van der Waals surface area contributed by atoms with Crippen LogP contribution < -0.4 is 11.1 Å². The molecule has 4 nitrogen and oxygen atoms in total. The summed E-state index contributed by atoms with van der Waals surface area (Å²) in [5.41, 5.74) is 5.58. The molecule has 118 valence electrons. The third kappa shape index (κ3) is 4.19. The van der Waals surface area contributed by atoms with Crippen molar-refractivity contribution in [1.82, 2.24) is 10.2 Å². The molecular formula is C16H33N3O. The highest BCUT2D eigenvalue weighted by molar-refractivity contribution is 5.82. The van der Waals surface area contributed by atoms with Crippen molar-refractivity contribution >= 4 is 5.91 Å². The zero-order valence-electron chi connectivity index (χ0n) is 14.1. The molecule has 20 heavy (non-hydrogen) atoms. The average molecular weight is 283 g/mol. The van der Waals surface area contributed by atoms with Crippen LogP contribution in [-0.4, -0.2) is 41.0 Å². The number of nitrogens with zero attached hydrogens (tertiary/aromatic N) is 1. The van der Waals surface area contributed by atoms with Crippen LogP contribution in [0.1, 0.15) is 60.8 Å². The van der Waals surface area contributed by atoms with Gasteiger partial charge in [0.05, 0.1) is 6.04 Å². The molecule has 3 N–H and O–H groups in total. The first-order valence-electron chi connectivity index (χ1n) is 7.99. The van der Waals surface area contributed by atoms with Gasteiger partial charge in [-0.1, -0.05) is 13.8 Å². The summed E-state index contributed by atoms with van der Waals surface area (Å²) in [5.74, 6) is 0.628. The minimum Gasteiger partial charge on any atom is -0.348 e. The molecule has 4 heteroatoms. The first-order chi connectivity index (χ1) is 9.20. The standard InChI is InChI=1S/C16H33N3O/c1-11(2)9-16(6,10-17)18-15(20)14(5)19-12(3)7-8-13(19)4/h11-14H,7-10,17H2,1-6H3,(H,18,20). The normalized spacial score (nSPS) is 28.4. The van der Waals surface area contributed by atoms with E-state index in [4.69, 9.17) is 5.73 Å². The van der Waals surface area contributed by atoms with E-state index in [1.165, 1.54) is 12.8 Å². The van der Waals surface area contributed by atoms with E-state index in [1.54, 1.807) is 0 Å². The summed E-state index contributed by atoms with van der Waals surface area (Å²) in [7, 11) is 0. The van der Waals surface area contributed by atoms with Crippen molar-refractivity contribution in [1.29, 1.82) is 0 Å². The molecule has 0 saturated carbocycles. The highest BCUT2D eigenvalue weighted by atomic mass is 16.2. The van der Waals surface area contributed by atoms with Crippen molar-refractivity contribution in [3.8, 4) is 0 Å². The van der Waals surface area contributed by atoms with Crippen LogP contribution in [0.25, 0.3) is 0 Å². The molecule has 4 atom stereocenters. The van der Waals surface area contributed by atoms with E-state index in [0.29, 0.717) is 24.5 Å². The van der Waals surface area contributed by atoms with E-state index in [0.717, 1.165) is 6.42 Å². The van der Waals surface area contributed by atoms with Gasteiger partial charge in [-0.3, -0.25) is 9.69 Å². The predicted octanol–water partition coefficient (Wildman–Crippen LogP) is 2.13. The Hall–Kier alpha value is -0.610. The molecule has 0 aliphatic carbocycles. The van der Waals surface area contributed by atoms with Gasteiger partial charge >= 0.3 is 0 Å². The van der Waals surface area contributed by atoms with Crippen molar-refractivity contribution in [3.63, 3.8) is 0 Å². The lowest BCUT2D eigenvalue weighted by Crippen LogP contribution is -2.58. The van der Waals surface area contributed by atoms with Gasteiger partial charge in [-0.05, 0) is 52.9 Å². The predicted molar refractivity (Wildman–Crippen MR) is 84.5 cm³/mol. The molecule has 1 aliphatic heterocycles. The first-order valence-corrected chi connectivity index (χ1v) is 7.99. The van der Waals surface area contributed by atoms with Crippen LogP contribution in [0.5, 0.6) is 0 Å². The lowest BCUT2D eigenvalue weighted by molar-refractivity contribution is -0.128. The fraction of sp³-hybridized carbons (Fsp3) is 0.938. The quantitative estimate of drug-likeness (QED) is 0.785. The molecule has 4 unspecified atom stereocenters. The maximum absolute atomic E-state index is 12.6. The van der Waals surface area contributed by atoms with E-state index in [2.05, 4.69) is 44.8 Å². The number of carbonyl (C=O) groups is 1. The molecule has 0 spiro atoms. The zero-order valence-corrected chi connectivity index (χ0v) is 14.1. The largest absolute Gasteiger partial charge is 0.348 e. The summed E-state index contributed by atoms with van der Waals surface area (Å²) in [6.45, 7) is 13.3. The van der Waals surface area contributed by atoms with E-state index in [1.807, 2.05) is 6.92 Å². The monoisotopic (exact) mass is 283 g/mol. The van der Waals surface area contributed by atoms with Crippen LogP contribution >= 0.6 is 0 Å². The van der Waals surface area contributed by atoms with Gasteiger partial charge < -0.3 is 11.1 Å². The number of carbonyl (C=O) groups excluding carboxylic acids is 1. The van der Waals surface area contributed by atoms with E-state index >= 15 is 0 Å². The van der Waals surface area contributed by atoms with Crippen LogP contribution in [0.3, 0.4) is 0 Å². The Bertz CT molecular complexity index is 322. The molecule has 0 aromatic carbocycles. The van der Waals surface area contributed by atoms with Crippen molar-refractivity contribution in [3.05, 3.63) is 0 Å². The van der Waals surface area contributed by atoms with Gasteiger partial charge in [0.2, 0.25) is 5.91 Å². The minimum absolute atomic E-state index is 0.0828. The van der Waals surface area contributed by atoms with E-state index in [9.17, 15) is 4.79 Å². The molecule has 1 amide bonds. The molecule has 0 radical (unpaired) electrons. The number of amides is 1. The van der Waals surface area contributed by atoms with Gasteiger partial charge in [0.1, 0.15) is 0 Å². The van der Waals surface area contributed by atoms with Gasteiger partial charge in [0.15, 0.2) is 0 Å². The van der Waals surface area contributed by atoms with Crippen LogP contribution in [0, 0.1) is 5.92 Å². The fourth-order valence-corrected chi connectivity index (χ4v) is 3.60. The third-order valence-corrected chi connectivity index (χ3v) is 4.58. The number of hydrogen-bond donors (Lipinski definition) is 2. The molecule has 0 aromatic heterocycles. The van der Waals surface area contributed by atoms with Crippen molar-refractivity contribution in [2.75, 3.05) is 6.54 Å². The van der Waals surface area contributed by atoms with E-state index < -0.39 is 0 Å². The first kappa shape index (κ1) is 17.4. The third-order valence-electron chi connectivity index (χ3n) is 4.58. The average Bonchev–Trinajstić information content (AvgIpc) is 2.67. The van der Waals surface area contributed by atoms with Gasteiger partial charge in [0.25, 0.3) is 0 Å². The minimum atomic E-state index is -0.300. The Morgan fingerprint density at radius 3 is 2.20 bits per heavy atom. The van der Waals surface area contributed by atoms with Crippen molar-refractivity contribution in [2.45, 2.75) is 84.5 Å². The van der Waals surface area contributed by atoms with Crippen molar-refractivity contribution in [2.24, 2.45) is 11.7 Å². The Balaban J connectivity index is 2.69. The van der Waals surface area contributed by atoms with Gasteiger partial charge in [0, 0.05) is 24.2 Å². The fourth-order valence-electron chi connectivity index (χ4n) is 3.60. The van der Waals surface area contributed by atoms with Crippen LogP contribution in [0.4, 0.5) is 0 Å². The molecule has 0 aromatic rings. The van der Waals surface area contributed by atoms with Crippen LogP contribution in [0.15, 0.2) is 0 Å². The molecule has 1 heterocycles. The summed E-state index contributed by atoms with van der Waals surface area (Å²) in [5, 5.41) is 3.19. The summed E-state index contributed by atoms with van der Waals surface area (Å²) in [4.78, 5) is 14.9. The van der Waals surface area contributed by atoms with Crippen LogP contribution in [0.2, 0.25) is 0 Å². The highest BCUT2D eigenvalue weighted by Crippen LogP contribution is 2.26. The Kier molecular flexibility index (Phi) is 6.02. The lowest BCUT2D eigenvalue weighted by atomic mass is 9.90.